The predicted octanol–water partition coefficient (Wildman–Crippen LogP) is 4.20. The summed E-state index contributed by atoms with van der Waals surface area (Å²) in [7, 11) is 3.13. The van der Waals surface area contributed by atoms with Crippen molar-refractivity contribution in [3.8, 4) is 11.5 Å². The van der Waals surface area contributed by atoms with E-state index in [1.807, 2.05) is 16.4 Å². The third-order valence-electron chi connectivity index (χ3n) is 7.01. The van der Waals surface area contributed by atoms with Crippen molar-refractivity contribution in [2.75, 3.05) is 40.5 Å². The summed E-state index contributed by atoms with van der Waals surface area (Å²) >= 11 is 1.39. The first-order valence-corrected chi connectivity index (χ1v) is 14.1. The van der Waals surface area contributed by atoms with Crippen LogP contribution in [0.25, 0.3) is 0 Å². The standard InChI is InChI=1S/C29H35N3O7S/c1-6-13-39-28(35)25-18(3)30-29-32(26(25)22-15-21(36-4)10-11-23(22)37-5)20(17-40-29)14-24(33)31-12-8-9-19(16-31)27(34)38-7-2/h6,10-11,15,17,19,26H,1,7-9,12-14,16H2,2-5H3/t19-,26-/m1/s1. The maximum Gasteiger partial charge on any atom is 0.338 e. The first-order chi connectivity index (χ1) is 19.3. The number of esters is 2. The van der Waals surface area contributed by atoms with Gasteiger partial charge in [-0.15, -0.1) is 0 Å². The van der Waals surface area contributed by atoms with Gasteiger partial charge in [0.05, 0.1) is 50.5 Å². The minimum absolute atomic E-state index is 0.0423. The van der Waals surface area contributed by atoms with Crippen LogP contribution in [-0.4, -0.2) is 73.3 Å². The summed E-state index contributed by atoms with van der Waals surface area (Å²) < 4.78 is 21.9. The molecule has 0 spiro atoms. The largest absolute Gasteiger partial charge is 0.497 e. The van der Waals surface area contributed by atoms with E-state index in [0.717, 1.165) is 6.42 Å². The number of likely N-dealkylation sites (tertiary alicyclic amines) is 1. The Morgan fingerprint density at radius 3 is 2.70 bits per heavy atom. The zero-order valence-corrected chi connectivity index (χ0v) is 24.1. The van der Waals surface area contributed by atoms with Gasteiger partial charge >= 0.3 is 11.9 Å². The molecular weight excluding hydrogens is 534 g/mol. The molecule has 3 aliphatic rings. The predicted molar refractivity (Wildman–Crippen MR) is 152 cm³/mol. The number of amidine groups is 1. The molecule has 10 nitrogen and oxygen atoms in total. The quantitative estimate of drug-likeness (QED) is 0.303. The van der Waals surface area contributed by atoms with Gasteiger partial charge in [-0.1, -0.05) is 24.4 Å². The number of carbonyl (C=O) groups is 3. The number of amides is 1. The Labute approximate surface area is 238 Å². The second kappa shape index (κ2) is 13.1. The van der Waals surface area contributed by atoms with Crippen LogP contribution in [0, 0.1) is 5.92 Å². The van der Waals surface area contributed by atoms with E-state index in [4.69, 9.17) is 23.9 Å². The molecule has 0 bridgehead atoms. The number of rotatable bonds is 10. The second-order valence-electron chi connectivity index (χ2n) is 9.50. The number of carbonyl (C=O) groups excluding carboxylic acids is 3. The molecule has 0 radical (unpaired) electrons. The number of thioether (sulfide) groups is 1. The Kier molecular flexibility index (Phi) is 9.57. The van der Waals surface area contributed by atoms with Crippen molar-refractivity contribution in [2.24, 2.45) is 10.9 Å². The minimum Gasteiger partial charge on any atom is -0.497 e. The van der Waals surface area contributed by atoms with Gasteiger partial charge in [-0.3, -0.25) is 9.59 Å². The molecule has 214 valence electrons. The number of piperidine rings is 1. The lowest BCUT2D eigenvalue weighted by atomic mass is 9.92. The number of hydrogen-bond acceptors (Lipinski definition) is 10. The fourth-order valence-corrected chi connectivity index (χ4v) is 6.08. The molecule has 1 amide bonds. The normalized spacial score (nSPS) is 20.3. The average molecular weight is 570 g/mol. The summed E-state index contributed by atoms with van der Waals surface area (Å²) in [6, 6.07) is 4.69. The maximum absolute atomic E-state index is 13.5. The van der Waals surface area contributed by atoms with Crippen molar-refractivity contribution in [3.63, 3.8) is 0 Å². The first kappa shape index (κ1) is 29.3. The van der Waals surface area contributed by atoms with Gasteiger partial charge in [-0.2, -0.15) is 0 Å². The monoisotopic (exact) mass is 569 g/mol. The van der Waals surface area contributed by atoms with E-state index in [2.05, 4.69) is 6.58 Å². The second-order valence-corrected chi connectivity index (χ2v) is 10.3. The number of aliphatic imine (C=N–C) groups is 1. The van der Waals surface area contributed by atoms with Crippen molar-refractivity contribution in [3.05, 3.63) is 58.8 Å². The topological polar surface area (TPSA) is 107 Å². The Balaban J connectivity index is 1.68. The van der Waals surface area contributed by atoms with Gasteiger partial charge in [0.1, 0.15) is 18.1 Å². The molecular formula is C29H35N3O7S. The molecule has 0 aromatic heterocycles. The van der Waals surface area contributed by atoms with Crippen LogP contribution in [0.5, 0.6) is 11.5 Å². The molecule has 0 aliphatic carbocycles. The molecule has 0 saturated carbocycles. The van der Waals surface area contributed by atoms with Gasteiger partial charge in [-0.05, 0) is 50.3 Å². The summed E-state index contributed by atoms with van der Waals surface area (Å²) in [6.07, 6.45) is 3.00. The lowest BCUT2D eigenvalue weighted by Crippen LogP contribution is -2.44. The Hall–Kier alpha value is -3.73. The fraction of sp³-hybridized carbons (Fsp3) is 0.448. The molecule has 1 fully saturated rings. The van der Waals surface area contributed by atoms with E-state index >= 15 is 0 Å². The summed E-state index contributed by atoms with van der Waals surface area (Å²) in [5, 5.41) is 2.52. The van der Waals surface area contributed by atoms with Crippen molar-refractivity contribution >= 4 is 34.8 Å². The smallest absolute Gasteiger partial charge is 0.338 e. The lowest BCUT2D eigenvalue weighted by Gasteiger charge is -2.37. The summed E-state index contributed by atoms with van der Waals surface area (Å²) in [6.45, 7) is 8.43. The van der Waals surface area contributed by atoms with Crippen LogP contribution in [-0.2, 0) is 23.9 Å². The SMILES string of the molecule is C=CCOC(=O)C1=C(C)N=C2SC=C(CC(=O)N3CCC[C@@H](C(=O)OCC)C3)N2[C@@H]1c1cc(OC)ccc1OC. The van der Waals surface area contributed by atoms with Crippen LogP contribution in [0.1, 0.15) is 44.7 Å². The third-order valence-corrected chi connectivity index (χ3v) is 7.90. The minimum atomic E-state index is -0.683. The number of hydrogen-bond donors (Lipinski definition) is 0. The molecule has 0 unspecified atom stereocenters. The van der Waals surface area contributed by atoms with Gasteiger partial charge < -0.3 is 28.7 Å². The third kappa shape index (κ3) is 6.04. The number of fused-ring (bicyclic) bond motifs is 1. The molecule has 4 rings (SSSR count). The summed E-state index contributed by atoms with van der Waals surface area (Å²) in [5.41, 5.74) is 2.19. The molecule has 0 N–H and O–H groups in total. The van der Waals surface area contributed by atoms with Crippen LogP contribution in [0.3, 0.4) is 0 Å². The van der Waals surface area contributed by atoms with E-state index in [1.165, 1.54) is 17.8 Å². The van der Waals surface area contributed by atoms with Crippen molar-refractivity contribution in [1.29, 1.82) is 0 Å². The average Bonchev–Trinajstić information content (AvgIpc) is 3.36. The summed E-state index contributed by atoms with van der Waals surface area (Å²) in [5.74, 6) is -0.115. The molecule has 11 heteroatoms. The van der Waals surface area contributed by atoms with Crippen molar-refractivity contribution < 1.29 is 33.3 Å². The Bertz CT molecular complexity index is 1270. The summed E-state index contributed by atoms with van der Waals surface area (Å²) in [4.78, 5) is 47.6. The number of allylic oxidation sites excluding steroid dienone is 1. The van der Waals surface area contributed by atoms with E-state index in [0.29, 0.717) is 65.3 Å². The number of benzene rings is 1. The van der Waals surface area contributed by atoms with Crippen LogP contribution in [0.15, 0.2) is 58.2 Å². The molecule has 3 aliphatic heterocycles. The van der Waals surface area contributed by atoms with Crippen LogP contribution < -0.4 is 9.47 Å². The van der Waals surface area contributed by atoms with E-state index < -0.39 is 12.0 Å². The molecule has 2 atom stereocenters. The zero-order valence-electron chi connectivity index (χ0n) is 23.3. The maximum atomic E-state index is 13.5. The van der Waals surface area contributed by atoms with E-state index in [9.17, 15) is 14.4 Å². The highest BCUT2D eigenvalue weighted by Gasteiger charge is 2.43. The number of nitrogens with zero attached hydrogens (tertiary/aromatic N) is 3. The first-order valence-electron chi connectivity index (χ1n) is 13.2. The molecule has 3 heterocycles. The van der Waals surface area contributed by atoms with Crippen molar-refractivity contribution in [2.45, 2.75) is 39.2 Å². The molecule has 40 heavy (non-hydrogen) atoms. The molecule has 1 aromatic carbocycles. The highest BCUT2D eigenvalue weighted by atomic mass is 32.2. The van der Waals surface area contributed by atoms with Crippen LogP contribution >= 0.6 is 11.8 Å². The van der Waals surface area contributed by atoms with Gasteiger partial charge in [0.25, 0.3) is 0 Å². The zero-order chi connectivity index (χ0) is 28.8. The number of methoxy groups -OCH3 is 2. The number of ether oxygens (including phenoxy) is 4. The van der Waals surface area contributed by atoms with Crippen LogP contribution in [0.2, 0.25) is 0 Å². The van der Waals surface area contributed by atoms with E-state index in [-0.39, 0.29) is 30.8 Å². The van der Waals surface area contributed by atoms with E-state index in [1.54, 1.807) is 45.1 Å². The van der Waals surface area contributed by atoms with Crippen molar-refractivity contribution in [1.82, 2.24) is 9.80 Å². The highest BCUT2D eigenvalue weighted by Crippen LogP contribution is 2.47. The Morgan fingerprint density at radius 1 is 1.20 bits per heavy atom. The van der Waals surface area contributed by atoms with Gasteiger partial charge in [0, 0.05) is 24.4 Å². The Morgan fingerprint density at radius 2 is 2.00 bits per heavy atom. The van der Waals surface area contributed by atoms with Gasteiger partial charge in [0.15, 0.2) is 5.17 Å². The fourth-order valence-electron chi connectivity index (χ4n) is 5.11. The van der Waals surface area contributed by atoms with Gasteiger partial charge in [-0.25, -0.2) is 9.79 Å². The molecule has 1 aromatic rings. The highest BCUT2D eigenvalue weighted by molar-refractivity contribution is 8.16. The van der Waals surface area contributed by atoms with Crippen LogP contribution in [0.4, 0.5) is 0 Å². The molecule has 1 saturated heterocycles. The van der Waals surface area contributed by atoms with Gasteiger partial charge in [0.2, 0.25) is 5.91 Å². The lowest BCUT2D eigenvalue weighted by molar-refractivity contribution is -0.151.